The number of ether oxygens (including phenoxy) is 1. The highest BCUT2D eigenvalue weighted by Gasteiger charge is 2.27. The highest BCUT2D eigenvalue weighted by Crippen LogP contribution is 2.36. The van der Waals surface area contributed by atoms with Crippen LogP contribution in [0.25, 0.3) is 11.0 Å². The van der Waals surface area contributed by atoms with Gasteiger partial charge in [0.2, 0.25) is 5.95 Å². The lowest BCUT2D eigenvalue weighted by molar-refractivity contribution is 0.0982. The van der Waals surface area contributed by atoms with Gasteiger partial charge in [-0.3, -0.25) is 4.90 Å². The van der Waals surface area contributed by atoms with Crippen molar-refractivity contribution in [1.29, 1.82) is 0 Å². The van der Waals surface area contributed by atoms with E-state index in [1.54, 1.807) is 7.11 Å². The van der Waals surface area contributed by atoms with Crippen LogP contribution in [-0.2, 0) is 6.54 Å². The summed E-state index contributed by atoms with van der Waals surface area (Å²) in [6.07, 6.45) is 9.29. The highest BCUT2D eigenvalue weighted by molar-refractivity contribution is 5.79. The Hall–Kier alpha value is -3.82. The molecule has 4 heterocycles. The Kier molecular flexibility index (Phi) is 8.57. The standard InChI is InChI=1S/C35H46N8O/c1-40-18-20-42(21-19-40)28-14-16-41(17-15-28)30-12-13-32(33(23-30)44-2)38-35-37-24-26-22-31(25-36-27-8-4-3-5-9-27)43(34(26)39-35)29-10-6-7-11-29/h3-5,8-9,12-13,22-24,28-29,36H,6-7,10-11,14-21,25H2,1-2H3,(H,37,38,39). The summed E-state index contributed by atoms with van der Waals surface area (Å²) >= 11 is 0. The zero-order valence-electron chi connectivity index (χ0n) is 26.2. The fraction of sp³-hybridized carbons (Fsp3) is 0.486. The van der Waals surface area contributed by atoms with Crippen LogP contribution in [0.3, 0.4) is 0 Å². The second-order valence-electron chi connectivity index (χ2n) is 12.7. The second kappa shape index (κ2) is 13.0. The average Bonchev–Trinajstić information content (AvgIpc) is 3.73. The molecular weight excluding hydrogens is 548 g/mol. The number of benzene rings is 2. The summed E-state index contributed by atoms with van der Waals surface area (Å²) in [5.74, 6) is 1.41. The lowest BCUT2D eigenvalue weighted by Crippen LogP contribution is -2.52. The molecule has 1 aliphatic carbocycles. The highest BCUT2D eigenvalue weighted by atomic mass is 16.5. The molecule has 0 amide bonds. The van der Waals surface area contributed by atoms with E-state index in [0.717, 1.165) is 47.8 Å². The number of rotatable bonds is 9. The van der Waals surface area contributed by atoms with Gasteiger partial charge in [-0.25, -0.2) is 4.98 Å². The fourth-order valence-corrected chi connectivity index (χ4v) is 7.35. The number of piperidine rings is 1. The van der Waals surface area contributed by atoms with Gasteiger partial charge in [-0.1, -0.05) is 31.0 Å². The number of nitrogens with one attached hydrogen (secondary N) is 2. The first kappa shape index (κ1) is 28.9. The Morgan fingerprint density at radius 3 is 2.39 bits per heavy atom. The molecule has 2 aliphatic heterocycles. The number of methoxy groups -OCH3 is 1. The molecule has 2 N–H and O–H groups in total. The number of para-hydroxylation sites is 1. The van der Waals surface area contributed by atoms with Crippen LogP contribution in [-0.4, -0.2) is 83.8 Å². The molecule has 0 radical (unpaired) electrons. The summed E-state index contributed by atoms with van der Waals surface area (Å²) in [6.45, 7) is 7.66. The Labute approximate surface area is 261 Å². The van der Waals surface area contributed by atoms with E-state index < -0.39 is 0 Å². The summed E-state index contributed by atoms with van der Waals surface area (Å²) in [6, 6.07) is 20.3. The van der Waals surface area contributed by atoms with Gasteiger partial charge in [0.15, 0.2) is 0 Å². The van der Waals surface area contributed by atoms with Crippen LogP contribution in [0.4, 0.5) is 23.0 Å². The maximum Gasteiger partial charge on any atom is 0.229 e. The Morgan fingerprint density at radius 2 is 1.64 bits per heavy atom. The van der Waals surface area contributed by atoms with E-state index in [4.69, 9.17) is 14.7 Å². The molecule has 1 saturated carbocycles. The molecule has 0 bridgehead atoms. The van der Waals surface area contributed by atoms with Gasteiger partial charge < -0.3 is 29.7 Å². The summed E-state index contributed by atoms with van der Waals surface area (Å²) < 4.78 is 8.33. The first-order chi connectivity index (χ1) is 21.6. The van der Waals surface area contributed by atoms with Gasteiger partial charge in [0.05, 0.1) is 19.3 Å². The molecule has 0 atom stereocenters. The van der Waals surface area contributed by atoms with Gasteiger partial charge in [0.1, 0.15) is 11.4 Å². The van der Waals surface area contributed by atoms with Gasteiger partial charge >= 0.3 is 0 Å². The van der Waals surface area contributed by atoms with Crippen molar-refractivity contribution in [2.24, 2.45) is 0 Å². The number of fused-ring (bicyclic) bond motifs is 1. The quantitative estimate of drug-likeness (QED) is 0.240. The second-order valence-corrected chi connectivity index (χ2v) is 12.7. The molecule has 2 aromatic heterocycles. The number of hydrogen-bond donors (Lipinski definition) is 2. The monoisotopic (exact) mass is 594 g/mol. The third kappa shape index (κ3) is 6.21. The normalized spacial score (nSPS) is 19.1. The zero-order valence-corrected chi connectivity index (χ0v) is 26.2. The van der Waals surface area contributed by atoms with Crippen LogP contribution in [0, 0.1) is 0 Å². The van der Waals surface area contributed by atoms with Crippen LogP contribution in [0.1, 0.15) is 50.3 Å². The number of nitrogens with zero attached hydrogens (tertiary/aromatic N) is 6. The number of hydrogen-bond acceptors (Lipinski definition) is 8. The summed E-state index contributed by atoms with van der Waals surface area (Å²) in [5, 5.41) is 8.16. The molecule has 3 aliphatic rings. The molecule has 9 nitrogen and oxygen atoms in total. The van der Waals surface area contributed by atoms with E-state index in [0.29, 0.717) is 18.0 Å². The largest absolute Gasteiger partial charge is 0.494 e. The SMILES string of the molecule is COc1cc(N2CCC(N3CCN(C)CC3)CC2)ccc1Nc1ncc2cc(CNc3ccccc3)n(C3CCCC3)c2n1. The topological polar surface area (TPSA) is 73.7 Å². The molecule has 2 aromatic carbocycles. The number of likely N-dealkylation sites (N-methyl/N-ethyl adjacent to an activating group) is 1. The molecule has 9 heteroatoms. The minimum atomic E-state index is 0.469. The first-order valence-corrected chi connectivity index (χ1v) is 16.4. The van der Waals surface area contributed by atoms with Crippen molar-refractivity contribution < 1.29 is 4.74 Å². The van der Waals surface area contributed by atoms with Crippen molar-refractivity contribution in [2.75, 3.05) is 69.0 Å². The van der Waals surface area contributed by atoms with Crippen molar-refractivity contribution in [3.05, 3.63) is 66.5 Å². The molecule has 4 aromatic rings. The van der Waals surface area contributed by atoms with Gasteiger partial charge in [0, 0.05) is 86.1 Å². The van der Waals surface area contributed by atoms with Crippen molar-refractivity contribution in [2.45, 2.75) is 57.2 Å². The van der Waals surface area contributed by atoms with Crippen molar-refractivity contribution in [1.82, 2.24) is 24.3 Å². The maximum absolute atomic E-state index is 5.87. The molecule has 232 valence electrons. The Bertz CT molecular complexity index is 1530. The average molecular weight is 595 g/mol. The van der Waals surface area contributed by atoms with Crippen molar-refractivity contribution in [3.8, 4) is 5.75 Å². The molecular formula is C35H46N8O. The maximum atomic E-state index is 5.87. The molecule has 44 heavy (non-hydrogen) atoms. The van der Waals surface area contributed by atoms with E-state index >= 15 is 0 Å². The van der Waals surface area contributed by atoms with E-state index in [1.165, 1.54) is 76.1 Å². The third-order valence-corrected chi connectivity index (χ3v) is 9.91. The fourth-order valence-electron chi connectivity index (χ4n) is 7.35. The summed E-state index contributed by atoms with van der Waals surface area (Å²) in [4.78, 5) is 17.4. The predicted molar refractivity (Wildman–Crippen MR) is 179 cm³/mol. The number of piperazine rings is 1. The first-order valence-electron chi connectivity index (χ1n) is 16.4. The van der Waals surface area contributed by atoms with Crippen LogP contribution in [0.5, 0.6) is 5.75 Å². The Balaban J connectivity index is 1.07. The molecule has 7 rings (SSSR count). The van der Waals surface area contributed by atoms with Gasteiger partial charge in [-0.05, 0) is 63.1 Å². The van der Waals surface area contributed by atoms with E-state index in [-0.39, 0.29) is 0 Å². The van der Waals surface area contributed by atoms with E-state index in [9.17, 15) is 0 Å². The zero-order chi connectivity index (χ0) is 29.9. The van der Waals surface area contributed by atoms with E-state index in [1.807, 2.05) is 12.3 Å². The molecule has 3 fully saturated rings. The predicted octanol–water partition coefficient (Wildman–Crippen LogP) is 6.13. The summed E-state index contributed by atoms with van der Waals surface area (Å²) in [7, 11) is 3.97. The van der Waals surface area contributed by atoms with E-state index in [2.05, 4.69) is 85.5 Å². The minimum absolute atomic E-state index is 0.469. The van der Waals surface area contributed by atoms with Gasteiger partial charge in [0.25, 0.3) is 0 Å². The molecule has 0 spiro atoms. The minimum Gasteiger partial charge on any atom is -0.494 e. The lowest BCUT2D eigenvalue weighted by Gasteiger charge is -2.42. The van der Waals surface area contributed by atoms with Crippen molar-refractivity contribution >= 4 is 34.0 Å². The lowest BCUT2D eigenvalue weighted by atomic mass is 10.0. The van der Waals surface area contributed by atoms with Crippen LogP contribution in [0.15, 0.2) is 60.8 Å². The van der Waals surface area contributed by atoms with Crippen LogP contribution < -0.4 is 20.3 Å². The Morgan fingerprint density at radius 1 is 0.864 bits per heavy atom. The smallest absolute Gasteiger partial charge is 0.229 e. The third-order valence-electron chi connectivity index (χ3n) is 9.91. The number of anilines is 4. The van der Waals surface area contributed by atoms with Crippen LogP contribution in [0.2, 0.25) is 0 Å². The molecule has 0 unspecified atom stereocenters. The van der Waals surface area contributed by atoms with Crippen LogP contribution >= 0.6 is 0 Å². The van der Waals surface area contributed by atoms with Gasteiger partial charge in [-0.2, -0.15) is 4.98 Å². The number of aromatic nitrogens is 3. The van der Waals surface area contributed by atoms with Crippen molar-refractivity contribution in [3.63, 3.8) is 0 Å². The molecule has 2 saturated heterocycles. The summed E-state index contributed by atoms with van der Waals surface area (Å²) in [5.41, 5.74) is 5.47. The van der Waals surface area contributed by atoms with Gasteiger partial charge in [-0.15, -0.1) is 0 Å².